The lowest BCUT2D eigenvalue weighted by Gasteiger charge is -2.12. The van der Waals surface area contributed by atoms with Gasteiger partial charge in [-0.25, -0.2) is 4.68 Å². The summed E-state index contributed by atoms with van der Waals surface area (Å²) in [5.74, 6) is 2.65. The molecule has 1 aromatic heterocycles. The molecule has 0 fully saturated rings. The zero-order chi connectivity index (χ0) is 19.7. The quantitative estimate of drug-likeness (QED) is 0.701. The monoisotopic (exact) mass is 377 g/mol. The summed E-state index contributed by atoms with van der Waals surface area (Å²) in [6.45, 7) is 5.22. The minimum Gasteiger partial charge on any atom is -0.497 e. The van der Waals surface area contributed by atoms with Crippen molar-refractivity contribution >= 4 is 5.82 Å². The smallest absolute Gasteiger partial charge is 0.133 e. The van der Waals surface area contributed by atoms with Gasteiger partial charge in [0.05, 0.1) is 19.9 Å². The van der Waals surface area contributed by atoms with Crippen molar-refractivity contribution in [1.82, 2.24) is 9.78 Å². The van der Waals surface area contributed by atoms with Crippen LogP contribution in [0.5, 0.6) is 11.5 Å². The van der Waals surface area contributed by atoms with Crippen LogP contribution in [0.4, 0.5) is 5.82 Å². The van der Waals surface area contributed by atoms with Gasteiger partial charge in [0.2, 0.25) is 0 Å². The molecule has 0 bridgehead atoms. The van der Waals surface area contributed by atoms with Gasteiger partial charge in [-0.2, -0.15) is 5.10 Å². The van der Waals surface area contributed by atoms with Gasteiger partial charge in [-0.1, -0.05) is 17.7 Å². The third kappa shape index (κ3) is 3.21. The molecule has 0 unspecified atom stereocenters. The van der Waals surface area contributed by atoms with Crippen LogP contribution in [-0.2, 0) is 6.42 Å². The second-order valence-corrected chi connectivity index (χ2v) is 7.33. The molecule has 2 aromatic carbocycles. The highest BCUT2D eigenvalue weighted by Gasteiger charge is 2.24. The molecule has 0 aliphatic carbocycles. The number of hydrogen-bond donors (Lipinski definition) is 1. The summed E-state index contributed by atoms with van der Waals surface area (Å²) in [6.07, 6.45) is 3.29. The molecule has 3 aromatic rings. The number of benzene rings is 2. The van der Waals surface area contributed by atoms with Gasteiger partial charge in [-0.3, -0.25) is 0 Å². The molecule has 0 radical (unpaired) electrons. The van der Waals surface area contributed by atoms with Crippen molar-refractivity contribution in [2.24, 2.45) is 0 Å². The molecule has 28 heavy (non-hydrogen) atoms. The molecule has 4 rings (SSSR count). The number of aryl methyl sites for hydroxylation is 2. The lowest BCUT2D eigenvalue weighted by atomic mass is 10.0. The summed E-state index contributed by atoms with van der Waals surface area (Å²) in [5.41, 5.74) is 6.79. The highest BCUT2D eigenvalue weighted by molar-refractivity contribution is 5.76. The average molecular weight is 377 g/mol. The summed E-state index contributed by atoms with van der Waals surface area (Å²) >= 11 is 0. The van der Waals surface area contributed by atoms with E-state index in [-0.39, 0.29) is 0 Å². The largest absolute Gasteiger partial charge is 0.497 e. The molecule has 1 N–H and O–H groups in total. The number of methoxy groups -OCH3 is 2. The zero-order valence-electron chi connectivity index (χ0n) is 17.0. The maximum absolute atomic E-state index is 5.67. The Labute approximate surface area is 166 Å². The third-order valence-electron chi connectivity index (χ3n) is 5.37. The molecule has 1 aliphatic heterocycles. The normalized spacial score (nSPS) is 13.4. The van der Waals surface area contributed by atoms with Crippen LogP contribution >= 0.6 is 0 Å². The summed E-state index contributed by atoms with van der Waals surface area (Å²) in [4.78, 5) is 0. The summed E-state index contributed by atoms with van der Waals surface area (Å²) < 4.78 is 13.1. The second-order valence-electron chi connectivity index (χ2n) is 7.33. The predicted molar refractivity (Wildman–Crippen MR) is 113 cm³/mol. The number of anilines is 1. The van der Waals surface area contributed by atoms with Gasteiger partial charge in [-0.15, -0.1) is 0 Å². The number of nitrogens with one attached hydrogen (secondary N) is 1. The summed E-state index contributed by atoms with van der Waals surface area (Å²) in [7, 11) is 3.36. The molecule has 2 heterocycles. The van der Waals surface area contributed by atoms with Gasteiger partial charge >= 0.3 is 0 Å². The third-order valence-corrected chi connectivity index (χ3v) is 5.37. The van der Waals surface area contributed by atoms with Crippen molar-refractivity contribution in [3.8, 4) is 28.4 Å². The number of aromatic nitrogens is 2. The zero-order valence-corrected chi connectivity index (χ0v) is 17.0. The van der Waals surface area contributed by atoms with E-state index in [9.17, 15) is 0 Å². The minimum absolute atomic E-state index is 0.775. The van der Waals surface area contributed by atoms with E-state index < -0.39 is 0 Å². The highest BCUT2D eigenvalue weighted by atomic mass is 16.5. The van der Waals surface area contributed by atoms with Gasteiger partial charge in [0.1, 0.15) is 23.0 Å². The van der Waals surface area contributed by atoms with Crippen molar-refractivity contribution < 1.29 is 9.47 Å². The van der Waals surface area contributed by atoms with Gasteiger partial charge in [0.15, 0.2) is 0 Å². The Balaban J connectivity index is 1.93. The van der Waals surface area contributed by atoms with Crippen LogP contribution in [0, 0.1) is 13.8 Å². The Morgan fingerprint density at radius 2 is 1.86 bits per heavy atom. The fraction of sp³-hybridized carbons (Fsp3) is 0.348. The van der Waals surface area contributed by atoms with E-state index in [0.717, 1.165) is 60.1 Å². The van der Waals surface area contributed by atoms with Crippen molar-refractivity contribution in [2.45, 2.75) is 33.1 Å². The van der Waals surface area contributed by atoms with Crippen LogP contribution in [0.25, 0.3) is 16.9 Å². The van der Waals surface area contributed by atoms with Crippen LogP contribution in [0.2, 0.25) is 0 Å². The molecule has 0 amide bonds. The first-order valence-electron chi connectivity index (χ1n) is 9.78. The number of hydrogen-bond acceptors (Lipinski definition) is 4. The number of rotatable bonds is 4. The van der Waals surface area contributed by atoms with Gasteiger partial charge in [0.25, 0.3) is 0 Å². The average Bonchev–Trinajstić information content (AvgIpc) is 2.88. The molecule has 0 saturated heterocycles. The van der Waals surface area contributed by atoms with E-state index in [1.54, 1.807) is 14.2 Å². The van der Waals surface area contributed by atoms with Crippen LogP contribution < -0.4 is 14.8 Å². The van der Waals surface area contributed by atoms with Gasteiger partial charge in [-0.05, 0) is 56.9 Å². The molecule has 5 nitrogen and oxygen atoms in total. The number of fused-ring (bicyclic) bond motifs is 1. The second kappa shape index (κ2) is 7.58. The molecule has 146 valence electrons. The number of nitrogens with zero attached hydrogens (tertiary/aromatic N) is 2. The Morgan fingerprint density at radius 1 is 1.00 bits per heavy atom. The van der Waals surface area contributed by atoms with Crippen LogP contribution in [0.3, 0.4) is 0 Å². The molecule has 1 aliphatic rings. The standard InChI is InChI=1S/C23H27N3O2/c1-15-8-11-20(16(2)13-15)26-23-19(7-5-6-12-24-23)22(25-26)18-10-9-17(27-3)14-21(18)28-4/h8-11,13-14,24H,5-7,12H2,1-4H3. The predicted octanol–water partition coefficient (Wildman–Crippen LogP) is 4.92. The van der Waals surface area contributed by atoms with Gasteiger partial charge in [0, 0.05) is 23.7 Å². The Bertz CT molecular complexity index is 1010. The maximum Gasteiger partial charge on any atom is 0.133 e. The van der Waals surface area contributed by atoms with E-state index >= 15 is 0 Å². The van der Waals surface area contributed by atoms with Crippen LogP contribution in [0.15, 0.2) is 36.4 Å². The van der Waals surface area contributed by atoms with Crippen molar-refractivity contribution in [2.75, 3.05) is 26.1 Å². The van der Waals surface area contributed by atoms with Crippen LogP contribution in [0.1, 0.15) is 29.5 Å². The molecule has 0 spiro atoms. The Morgan fingerprint density at radius 3 is 2.61 bits per heavy atom. The fourth-order valence-electron chi connectivity index (χ4n) is 3.93. The van der Waals surface area contributed by atoms with Crippen molar-refractivity contribution in [3.05, 3.63) is 53.1 Å². The van der Waals surface area contributed by atoms with E-state index in [1.807, 2.05) is 18.2 Å². The fourth-order valence-corrected chi connectivity index (χ4v) is 3.93. The molecular weight excluding hydrogens is 350 g/mol. The molecule has 0 saturated carbocycles. The lowest BCUT2D eigenvalue weighted by molar-refractivity contribution is 0.395. The topological polar surface area (TPSA) is 48.3 Å². The Kier molecular flexibility index (Phi) is 4.99. The Hall–Kier alpha value is -2.95. The van der Waals surface area contributed by atoms with Crippen molar-refractivity contribution in [3.63, 3.8) is 0 Å². The summed E-state index contributed by atoms with van der Waals surface area (Å²) in [6, 6.07) is 12.4. The number of ether oxygens (including phenoxy) is 2. The SMILES string of the molecule is COc1ccc(-c2nn(-c3ccc(C)cc3C)c3c2CCCCN3)c(OC)c1. The van der Waals surface area contributed by atoms with E-state index in [1.165, 1.54) is 16.7 Å². The first-order chi connectivity index (χ1) is 13.6. The minimum atomic E-state index is 0.775. The first-order valence-corrected chi connectivity index (χ1v) is 9.78. The molecule has 5 heteroatoms. The van der Waals surface area contributed by atoms with E-state index in [4.69, 9.17) is 14.6 Å². The molecular formula is C23H27N3O2. The van der Waals surface area contributed by atoms with Gasteiger partial charge < -0.3 is 14.8 Å². The van der Waals surface area contributed by atoms with E-state index in [0.29, 0.717) is 0 Å². The van der Waals surface area contributed by atoms with Crippen LogP contribution in [-0.4, -0.2) is 30.5 Å². The molecule has 0 atom stereocenters. The van der Waals surface area contributed by atoms with Crippen molar-refractivity contribution in [1.29, 1.82) is 0 Å². The lowest BCUT2D eigenvalue weighted by Crippen LogP contribution is -2.08. The highest BCUT2D eigenvalue weighted by Crippen LogP contribution is 2.39. The first kappa shape index (κ1) is 18.4. The maximum atomic E-state index is 5.67. The van der Waals surface area contributed by atoms with E-state index in [2.05, 4.69) is 42.0 Å². The summed E-state index contributed by atoms with van der Waals surface area (Å²) in [5, 5.41) is 8.68.